The molecule has 1 heterocycles. The first-order valence-electron chi connectivity index (χ1n) is 6.87. The molecule has 2 aromatic carbocycles. The maximum absolute atomic E-state index is 12.6. The maximum atomic E-state index is 12.6. The van der Waals surface area contributed by atoms with Crippen molar-refractivity contribution in [3.05, 3.63) is 66.2 Å². The molecular weight excluding hydrogens is 280 g/mol. The van der Waals surface area contributed by atoms with E-state index in [0.29, 0.717) is 11.3 Å². The fourth-order valence-electron chi connectivity index (χ4n) is 2.75. The van der Waals surface area contributed by atoms with Crippen LogP contribution in [0.4, 0.5) is 5.69 Å². The van der Waals surface area contributed by atoms with Gasteiger partial charge in [0, 0.05) is 5.69 Å². The number of Topliss-reactive ketones (excluding diaryl/α,β-unsaturated/α-hetero) is 1. The van der Waals surface area contributed by atoms with Gasteiger partial charge in [0.2, 0.25) is 11.8 Å². The molecule has 2 amide bonds. The molecule has 1 saturated heterocycles. The molecule has 2 atom stereocenters. The summed E-state index contributed by atoms with van der Waals surface area (Å²) in [6, 6.07) is 16.9. The zero-order chi connectivity index (χ0) is 15.7. The number of carbonyl (C=O) groups excluding carboxylic acids is 3. The lowest BCUT2D eigenvalue weighted by Crippen LogP contribution is -2.35. The SMILES string of the molecule is NC(=O)C1C(=O)C(c2ccccc2)N(c2ccccc2)C1=O. The van der Waals surface area contributed by atoms with Crippen LogP contribution in [0.25, 0.3) is 0 Å². The van der Waals surface area contributed by atoms with Crippen molar-refractivity contribution < 1.29 is 14.4 Å². The molecule has 2 aromatic rings. The third-order valence-corrected chi connectivity index (χ3v) is 3.73. The van der Waals surface area contributed by atoms with Crippen molar-refractivity contribution in [1.82, 2.24) is 0 Å². The second-order valence-corrected chi connectivity index (χ2v) is 5.09. The number of carbonyl (C=O) groups is 3. The van der Waals surface area contributed by atoms with E-state index in [1.54, 1.807) is 48.5 Å². The van der Waals surface area contributed by atoms with E-state index in [1.807, 2.05) is 12.1 Å². The minimum absolute atomic E-state index is 0.479. The number of nitrogens with two attached hydrogens (primary N) is 1. The van der Waals surface area contributed by atoms with Gasteiger partial charge in [0.25, 0.3) is 0 Å². The Morgan fingerprint density at radius 1 is 0.909 bits per heavy atom. The molecule has 110 valence electrons. The van der Waals surface area contributed by atoms with E-state index in [2.05, 4.69) is 0 Å². The Bertz CT molecular complexity index is 671. The van der Waals surface area contributed by atoms with Crippen molar-refractivity contribution in [1.29, 1.82) is 0 Å². The number of anilines is 1. The first-order chi connectivity index (χ1) is 10.6. The molecule has 0 radical (unpaired) electrons. The zero-order valence-electron chi connectivity index (χ0n) is 11.7. The Kier molecular flexibility index (Phi) is 3.47. The summed E-state index contributed by atoms with van der Waals surface area (Å²) < 4.78 is 0. The first-order valence-corrected chi connectivity index (χ1v) is 6.87. The lowest BCUT2D eigenvalue weighted by Gasteiger charge is -2.23. The van der Waals surface area contributed by atoms with Gasteiger partial charge in [-0.15, -0.1) is 0 Å². The number of rotatable bonds is 3. The molecule has 2 N–H and O–H groups in total. The Morgan fingerprint density at radius 2 is 1.45 bits per heavy atom. The molecule has 22 heavy (non-hydrogen) atoms. The van der Waals surface area contributed by atoms with Crippen molar-refractivity contribution in [2.45, 2.75) is 6.04 Å². The minimum atomic E-state index is -1.43. The molecule has 0 bridgehead atoms. The molecule has 1 fully saturated rings. The highest BCUT2D eigenvalue weighted by molar-refractivity contribution is 6.29. The Labute approximate surface area is 127 Å². The predicted octanol–water partition coefficient (Wildman–Crippen LogP) is 1.45. The summed E-state index contributed by atoms with van der Waals surface area (Å²) in [6.07, 6.45) is 0. The number of amides is 2. The molecular formula is C17H14N2O3. The van der Waals surface area contributed by atoms with Gasteiger partial charge in [0.05, 0.1) is 0 Å². The van der Waals surface area contributed by atoms with Crippen LogP contribution < -0.4 is 10.6 Å². The van der Waals surface area contributed by atoms with Gasteiger partial charge in [-0.05, 0) is 17.7 Å². The molecule has 1 aliphatic heterocycles. The number of nitrogens with zero attached hydrogens (tertiary/aromatic N) is 1. The summed E-state index contributed by atoms with van der Waals surface area (Å²) >= 11 is 0. The summed E-state index contributed by atoms with van der Waals surface area (Å²) in [4.78, 5) is 38.0. The van der Waals surface area contributed by atoms with Crippen molar-refractivity contribution in [3.8, 4) is 0 Å². The predicted molar refractivity (Wildman–Crippen MR) is 80.8 cm³/mol. The van der Waals surface area contributed by atoms with Crippen molar-refractivity contribution in [2.75, 3.05) is 4.90 Å². The highest BCUT2D eigenvalue weighted by Gasteiger charge is 2.51. The van der Waals surface area contributed by atoms with Crippen LogP contribution in [0.5, 0.6) is 0 Å². The van der Waals surface area contributed by atoms with E-state index in [4.69, 9.17) is 5.73 Å². The lowest BCUT2D eigenvalue weighted by molar-refractivity contribution is -0.135. The zero-order valence-corrected chi connectivity index (χ0v) is 11.7. The number of hydrogen-bond acceptors (Lipinski definition) is 3. The topological polar surface area (TPSA) is 80.5 Å². The summed E-state index contributed by atoms with van der Waals surface area (Å²) in [6.45, 7) is 0. The van der Waals surface area contributed by atoms with Gasteiger partial charge in [-0.1, -0.05) is 48.5 Å². The highest BCUT2D eigenvalue weighted by atomic mass is 16.2. The fraction of sp³-hybridized carbons (Fsp3) is 0.118. The van der Waals surface area contributed by atoms with Gasteiger partial charge in [0.15, 0.2) is 11.7 Å². The number of benzene rings is 2. The van der Waals surface area contributed by atoms with Gasteiger partial charge in [0.1, 0.15) is 6.04 Å². The molecule has 5 nitrogen and oxygen atoms in total. The van der Waals surface area contributed by atoms with Crippen LogP contribution >= 0.6 is 0 Å². The average molecular weight is 294 g/mol. The van der Waals surface area contributed by atoms with Crippen LogP contribution in [0, 0.1) is 5.92 Å². The lowest BCUT2D eigenvalue weighted by atomic mass is 9.97. The van der Waals surface area contributed by atoms with Crippen molar-refractivity contribution >= 4 is 23.3 Å². The summed E-state index contributed by atoms with van der Waals surface area (Å²) in [5.74, 6) is -3.38. The molecule has 0 aromatic heterocycles. The summed E-state index contributed by atoms with van der Waals surface area (Å²) in [5, 5.41) is 0. The number of ketones is 1. The van der Waals surface area contributed by atoms with E-state index in [9.17, 15) is 14.4 Å². The smallest absolute Gasteiger partial charge is 0.248 e. The molecule has 5 heteroatoms. The minimum Gasteiger partial charge on any atom is -0.369 e. The van der Waals surface area contributed by atoms with E-state index < -0.39 is 29.6 Å². The second-order valence-electron chi connectivity index (χ2n) is 5.09. The van der Waals surface area contributed by atoms with Gasteiger partial charge in [-0.25, -0.2) is 0 Å². The van der Waals surface area contributed by atoms with Crippen LogP contribution in [0.3, 0.4) is 0 Å². The largest absolute Gasteiger partial charge is 0.369 e. The first kappa shape index (κ1) is 14.0. The number of para-hydroxylation sites is 1. The van der Waals surface area contributed by atoms with Crippen molar-refractivity contribution in [2.24, 2.45) is 11.7 Å². The van der Waals surface area contributed by atoms with E-state index in [0.717, 1.165) is 0 Å². The normalized spacial score (nSPS) is 21.2. The van der Waals surface area contributed by atoms with Gasteiger partial charge in [-0.2, -0.15) is 0 Å². The molecule has 1 aliphatic rings. The van der Waals surface area contributed by atoms with Gasteiger partial charge < -0.3 is 5.73 Å². The van der Waals surface area contributed by atoms with Crippen LogP contribution in [-0.2, 0) is 14.4 Å². The quantitative estimate of drug-likeness (QED) is 0.870. The third kappa shape index (κ3) is 2.16. The van der Waals surface area contributed by atoms with Crippen LogP contribution in [0.15, 0.2) is 60.7 Å². The standard InChI is InChI=1S/C17H14N2O3/c18-16(21)13-15(20)14(11-7-3-1-4-8-11)19(17(13)22)12-9-5-2-6-10-12/h1-10,13-14H,(H2,18,21). The molecule has 0 aliphatic carbocycles. The third-order valence-electron chi connectivity index (χ3n) is 3.73. The van der Waals surface area contributed by atoms with E-state index in [-0.39, 0.29) is 0 Å². The Balaban J connectivity index is 2.13. The van der Waals surface area contributed by atoms with Crippen molar-refractivity contribution in [3.63, 3.8) is 0 Å². The van der Waals surface area contributed by atoms with Crippen LogP contribution in [0.2, 0.25) is 0 Å². The molecule has 2 unspecified atom stereocenters. The number of hydrogen-bond donors (Lipinski definition) is 1. The summed E-state index contributed by atoms with van der Waals surface area (Å²) in [7, 11) is 0. The number of primary amides is 1. The monoisotopic (exact) mass is 294 g/mol. The Morgan fingerprint density at radius 3 is 2.00 bits per heavy atom. The maximum Gasteiger partial charge on any atom is 0.248 e. The average Bonchev–Trinajstić information content (AvgIpc) is 2.80. The molecule has 0 spiro atoms. The second kappa shape index (κ2) is 5.44. The fourth-order valence-corrected chi connectivity index (χ4v) is 2.75. The Hall–Kier alpha value is -2.95. The van der Waals surface area contributed by atoms with Gasteiger partial charge in [-0.3, -0.25) is 19.3 Å². The summed E-state index contributed by atoms with van der Waals surface area (Å²) in [5.41, 5.74) is 6.48. The molecule has 3 rings (SSSR count). The highest BCUT2D eigenvalue weighted by Crippen LogP contribution is 2.37. The molecule has 0 saturated carbocycles. The van der Waals surface area contributed by atoms with E-state index >= 15 is 0 Å². The van der Waals surface area contributed by atoms with Crippen LogP contribution in [-0.4, -0.2) is 17.6 Å². The van der Waals surface area contributed by atoms with Crippen LogP contribution in [0.1, 0.15) is 11.6 Å². The van der Waals surface area contributed by atoms with E-state index in [1.165, 1.54) is 4.90 Å². The van der Waals surface area contributed by atoms with Gasteiger partial charge >= 0.3 is 0 Å².